The largest absolute Gasteiger partial charge is 0.503 e. The van der Waals surface area contributed by atoms with Gasteiger partial charge in [0.25, 0.3) is 5.91 Å². The normalized spacial score (nSPS) is 15.4. The Morgan fingerprint density at radius 3 is 2.33 bits per heavy atom. The lowest BCUT2D eigenvalue weighted by molar-refractivity contribution is 0.0964. The zero-order valence-electron chi connectivity index (χ0n) is 22.9. The van der Waals surface area contributed by atoms with Crippen LogP contribution in [0.4, 0.5) is 4.79 Å². The number of hydrogen-bond donors (Lipinski definition) is 4. The molecule has 0 unspecified atom stereocenters. The van der Waals surface area contributed by atoms with E-state index in [0.717, 1.165) is 54.0 Å². The summed E-state index contributed by atoms with van der Waals surface area (Å²) in [6.45, 7) is 2.76. The number of rotatable bonds is 10. The van der Waals surface area contributed by atoms with Gasteiger partial charge in [0.1, 0.15) is 5.76 Å². The average Bonchev–Trinajstić information content (AvgIpc) is 3.49. The first-order valence-electron chi connectivity index (χ1n) is 13.7. The summed E-state index contributed by atoms with van der Waals surface area (Å²) in [6, 6.07) is 9.86. The van der Waals surface area contributed by atoms with Gasteiger partial charge in [0.2, 0.25) is 16.6 Å². The molecule has 0 radical (unpaired) electrons. The van der Waals surface area contributed by atoms with Crippen LogP contribution in [0.15, 0.2) is 34.7 Å². The number of carboxylic acid groups (broad SMARTS) is 2. The van der Waals surface area contributed by atoms with Gasteiger partial charge in [-0.2, -0.15) is 4.31 Å². The van der Waals surface area contributed by atoms with Crippen molar-refractivity contribution in [3.05, 3.63) is 52.7 Å². The summed E-state index contributed by atoms with van der Waals surface area (Å²) in [5.74, 6) is 1.34. The molecule has 0 spiro atoms. The Hall–Kier alpha value is -3.44. The van der Waals surface area contributed by atoms with E-state index in [9.17, 15) is 13.2 Å². The monoisotopic (exact) mass is 571 g/mol. The highest BCUT2D eigenvalue weighted by molar-refractivity contribution is 7.69. The zero-order chi connectivity index (χ0) is 28.8. The van der Waals surface area contributed by atoms with E-state index in [1.807, 2.05) is 37.3 Å². The fourth-order valence-electron chi connectivity index (χ4n) is 5.46. The molecule has 0 atom stereocenters. The first-order chi connectivity index (χ1) is 19.2. The molecule has 2 saturated carbocycles. The quantitative estimate of drug-likeness (QED) is 0.231. The molecule has 1 aromatic carbocycles. The summed E-state index contributed by atoms with van der Waals surface area (Å²) < 4.78 is 32.0. The third-order valence-electron chi connectivity index (χ3n) is 7.65. The van der Waals surface area contributed by atoms with Gasteiger partial charge in [-0.25, -0.2) is 18.2 Å². The van der Waals surface area contributed by atoms with Crippen molar-refractivity contribution in [1.29, 1.82) is 0 Å². The molecule has 3 aromatic rings. The number of carbonyl (C=O) groups excluding carboxylic acids is 1. The molecule has 40 heavy (non-hydrogen) atoms. The molecule has 2 aromatic heterocycles. The van der Waals surface area contributed by atoms with E-state index in [2.05, 4.69) is 5.32 Å². The van der Waals surface area contributed by atoms with Crippen molar-refractivity contribution >= 4 is 34.1 Å². The summed E-state index contributed by atoms with van der Waals surface area (Å²) in [7, 11) is -1.11. The molecule has 2 aliphatic rings. The van der Waals surface area contributed by atoms with Crippen LogP contribution in [0, 0.1) is 12.8 Å². The summed E-state index contributed by atoms with van der Waals surface area (Å²) >= 11 is 0. The van der Waals surface area contributed by atoms with E-state index >= 15 is 0 Å². The number of hydrogen-bond acceptors (Lipinski definition) is 6. The van der Waals surface area contributed by atoms with E-state index in [4.69, 9.17) is 24.4 Å². The van der Waals surface area contributed by atoms with Crippen LogP contribution in [-0.2, 0) is 17.4 Å². The van der Waals surface area contributed by atoms with Crippen LogP contribution in [0.5, 0.6) is 0 Å². The molecular weight excluding hydrogens is 534 g/mol. The Kier molecular flexibility index (Phi) is 9.80. The SMILES string of the molecule is CNC(=O)c1c(-c2ccc(C)cc2)oc2nc(CN(CCCC3CCCC3)[SH](=O)=O)c(C3CC3)cc12.O=C(O)O. The maximum absolute atomic E-state index is 12.9. The Balaban J connectivity index is 0.000000867. The molecule has 10 nitrogen and oxygen atoms in total. The number of carbonyl (C=O) groups is 2. The molecular formula is C29H37N3O7S. The van der Waals surface area contributed by atoms with Crippen molar-refractivity contribution in [2.45, 2.75) is 70.8 Å². The topological polar surface area (TPSA) is 150 Å². The maximum Gasteiger partial charge on any atom is 0.503 e. The van der Waals surface area contributed by atoms with Gasteiger partial charge in [0.05, 0.1) is 23.2 Å². The molecule has 0 bridgehead atoms. The Morgan fingerprint density at radius 2 is 1.75 bits per heavy atom. The van der Waals surface area contributed by atoms with Gasteiger partial charge in [0, 0.05) is 19.2 Å². The van der Waals surface area contributed by atoms with E-state index in [1.165, 1.54) is 30.0 Å². The first-order valence-corrected chi connectivity index (χ1v) is 14.9. The molecule has 0 aliphatic heterocycles. The van der Waals surface area contributed by atoms with E-state index in [-0.39, 0.29) is 12.5 Å². The van der Waals surface area contributed by atoms with Gasteiger partial charge in [-0.15, -0.1) is 0 Å². The first kappa shape index (κ1) is 29.5. The second-order valence-electron chi connectivity index (χ2n) is 10.6. The van der Waals surface area contributed by atoms with Gasteiger partial charge in [0.15, 0.2) is 0 Å². The Morgan fingerprint density at radius 1 is 1.10 bits per heavy atom. The van der Waals surface area contributed by atoms with E-state index < -0.39 is 17.0 Å². The molecule has 0 saturated heterocycles. The number of aromatic nitrogens is 1. The standard InChI is InChI=1S/C28H35N3O4S.CH2O3/c1-18-9-11-21(12-10-18)26-25(27(32)29-2)23-16-22(20-13-14-20)24(30-28(23)35-26)17-31(36(33)34)15-5-8-19-6-3-4-7-19;2-1(3)4/h9-12,16,19-20,36H,3-8,13-15,17H2,1-2H3,(H,29,32);(H2,2,3,4). The van der Waals surface area contributed by atoms with Crippen molar-refractivity contribution in [2.24, 2.45) is 5.92 Å². The number of nitrogens with zero attached hydrogens (tertiary/aromatic N) is 2. The third-order valence-corrected chi connectivity index (χ3v) is 8.45. The van der Waals surface area contributed by atoms with Crippen LogP contribution in [0.3, 0.4) is 0 Å². The molecule has 5 rings (SSSR count). The van der Waals surface area contributed by atoms with Crippen LogP contribution in [0.1, 0.15) is 84.5 Å². The number of pyridine rings is 1. The number of nitrogens with one attached hydrogen (secondary N) is 1. The minimum Gasteiger partial charge on any atom is -0.450 e. The molecule has 1 amide bonds. The van der Waals surface area contributed by atoms with Gasteiger partial charge < -0.3 is 19.9 Å². The lowest BCUT2D eigenvalue weighted by atomic mass is 10.0. The van der Waals surface area contributed by atoms with Crippen LogP contribution in [0.25, 0.3) is 22.4 Å². The fourth-order valence-corrected chi connectivity index (χ4v) is 6.01. The van der Waals surface area contributed by atoms with Gasteiger partial charge in [-0.3, -0.25) is 4.79 Å². The molecule has 2 heterocycles. The summed E-state index contributed by atoms with van der Waals surface area (Å²) in [4.78, 5) is 26.3. The highest BCUT2D eigenvalue weighted by Crippen LogP contribution is 2.44. The smallest absolute Gasteiger partial charge is 0.450 e. The van der Waals surface area contributed by atoms with Gasteiger partial charge in [-0.05, 0) is 56.1 Å². The lowest BCUT2D eigenvalue weighted by Gasteiger charge is -2.18. The number of benzene rings is 1. The van der Waals surface area contributed by atoms with Crippen molar-refractivity contribution in [1.82, 2.24) is 14.6 Å². The van der Waals surface area contributed by atoms with E-state index in [0.29, 0.717) is 34.9 Å². The summed E-state index contributed by atoms with van der Waals surface area (Å²) in [6.07, 6.45) is 7.33. The van der Waals surface area contributed by atoms with Crippen LogP contribution < -0.4 is 5.32 Å². The lowest BCUT2D eigenvalue weighted by Crippen LogP contribution is -2.24. The highest BCUT2D eigenvalue weighted by Gasteiger charge is 2.31. The molecule has 2 fully saturated rings. The molecule has 3 N–H and O–H groups in total. The summed E-state index contributed by atoms with van der Waals surface area (Å²) in [5.41, 5.74) is 4.53. The number of thiol groups is 1. The number of amides is 1. The van der Waals surface area contributed by atoms with Crippen molar-refractivity contribution in [2.75, 3.05) is 13.6 Å². The van der Waals surface area contributed by atoms with Crippen molar-refractivity contribution in [3.63, 3.8) is 0 Å². The molecule has 2 aliphatic carbocycles. The number of aryl methyl sites for hydroxylation is 1. The van der Waals surface area contributed by atoms with Crippen molar-refractivity contribution in [3.8, 4) is 11.3 Å². The maximum atomic E-state index is 12.9. The number of fused-ring (bicyclic) bond motifs is 1. The van der Waals surface area contributed by atoms with Crippen LogP contribution >= 0.6 is 0 Å². The predicted molar refractivity (Wildman–Crippen MR) is 152 cm³/mol. The van der Waals surface area contributed by atoms with Crippen molar-refractivity contribution < 1.29 is 32.6 Å². The second-order valence-corrected chi connectivity index (χ2v) is 11.6. The van der Waals surface area contributed by atoms with Crippen LogP contribution in [0.2, 0.25) is 0 Å². The Labute approximate surface area is 235 Å². The fraction of sp³-hybridized carbons (Fsp3) is 0.483. The highest BCUT2D eigenvalue weighted by atomic mass is 32.2. The third kappa shape index (κ3) is 7.39. The van der Waals surface area contributed by atoms with E-state index in [1.54, 1.807) is 7.05 Å². The average molecular weight is 572 g/mol. The van der Waals surface area contributed by atoms with Gasteiger partial charge in [-0.1, -0.05) is 55.5 Å². The van der Waals surface area contributed by atoms with Gasteiger partial charge >= 0.3 is 6.16 Å². The number of furan rings is 1. The minimum atomic E-state index is -2.72. The Bertz CT molecular complexity index is 1410. The van der Waals surface area contributed by atoms with Crippen LogP contribution in [-0.4, -0.2) is 53.6 Å². The zero-order valence-corrected chi connectivity index (χ0v) is 23.8. The minimum absolute atomic E-state index is 0.225. The predicted octanol–water partition coefficient (Wildman–Crippen LogP) is 5.56. The summed E-state index contributed by atoms with van der Waals surface area (Å²) in [5, 5.41) is 17.4. The molecule has 11 heteroatoms. The molecule has 216 valence electrons. The second kappa shape index (κ2) is 13.3.